The van der Waals surface area contributed by atoms with Crippen molar-refractivity contribution in [2.75, 3.05) is 4.90 Å². The third kappa shape index (κ3) is 6.48. The highest BCUT2D eigenvalue weighted by Gasteiger charge is 2.25. The lowest BCUT2D eigenvalue weighted by Gasteiger charge is -2.26. The Labute approximate surface area is 348 Å². The molecule has 60 heavy (non-hydrogen) atoms. The fourth-order valence-electron chi connectivity index (χ4n) is 8.33. The molecule has 5 nitrogen and oxygen atoms in total. The van der Waals surface area contributed by atoms with Gasteiger partial charge in [0, 0.05) is 33.3 Å². The molecule has 0 radical (unpaired) electrons. The van der Waals surface area contributed by atoms with Gasteiger partial charge in [-0.2, -0.15) is 0 Å². The van der Waals surface area contributed by atoms with E-state index in [2.05, 4.69) is 192 Å². The minimum Gasteiger partial charge on any atom is -0.454 e. The van der Waals surface area contributed by atoms with Crippen molar-refractivity contribution in [2.24, 2.45) is 9.98 Å². The van der Waals surface area contributed by atoms with E-state index in [1.54, 1.807) is 0 Å². The summed E-state index contributed by atoms with van der Waals surface area (Å²) in [5.74, 6) is 1.42. The first-order valence-corrected chi connectivity index (χ1v) is 20.3. The van der Waals surface area contributed by atoms with Crippen molar-refractivity contribution in [3.8, 4) is 22.3 Å². The smallest absolute Gasteiger partial charge is 0.160 e. The first-order chi connectivity index (χ1) is 29.7. The van der Waals surface area contributed by atoms with Gasteiger partial charge in [-0.25, -0.2) is 9.98 Å². The number of nitrogens with one attached hydrogen (secondary N) is 1. The van der Waals surface area contributed by atoms with Gasteiger partial charge in [0.2, 0.25) is 0 Å². The van der Waals surface area contributed by atoms with Crippen LogP contribution in [0.5, 0.6) is 0 Å². The molecule has 0 fully saturated rings. The first kappa shape index (κ1) is 35.2. The van der Waals surface area contributed by atoms with Crippen molar-refractivity contribution in [3.05, 3.63) is 235 Å². The van der Waals surface area contributed by atoms with Crippen LogP contribution in [0.4, 0.5) is 17.1 Å². The number of hydrogen-bond acceptors (Lipinski definition) is 5. The van der Waals surface area contributed by atoms with Gasteiger partial charge < -0.3 is 14.6 Å². The minimum absolute atomic E-state index is 0.300. The zero-order valence-corrected chi connectivity index (χ0v) is 32.6. The Morgan fingerprint density at radius 2 is 0.967 bits per heavy atom. The molecule has 10 aromatic rings. The number of rotatable bonds is 8. The van der Waals surface area contributed by atoms with Crippen LogP contribution in [0.2, 0.25) is 0 Å². The van der Waals surface area contributed by atoms with E-state index >= 15 is 0 Å². The van der Waals surface area contributed by atoms with Crippen LogP contribution in [0.15, 0.2) is 233 Å². The van der Waals surface area contributed by atoms with Gasteiger partial charge in [-0.3, -0.25) is 0 Å². The van der Waals surface area contributed by atoms with Crippen molar-refractivity contribution in [1.29, 1.82) is 0 Å². The lowest BCUT2D eigenvalue weighted by molar-refractivity contribution is 0.666. The van der Waals surface area contributed by atoms with Gasteiger partial charge in [-0.05, 0) is 81.1 Å². The van der Waals surface area contributed by atoms with Crippen LogP contribution in [-0.4, -0.2) is 11.7 Å². The molecule has 1 atom stereocenters. The molecule has 0 saturated carbocycles. The van der Waals surface area contributed by atoms with E-state index in [0.717, 1.165) is 83.4 Å². The number of amidine groups is 2. The molecule has 0 aliphatic carbocycles. The Hall–Kier alpha value is -8.02. The monoisotopic (exact) mass is 770 g/mol. The maximum absolute atomic E-state index is 7.10. The lowest BCUT2D eigenvalue weighted by Crippen LogP contribution is -2.33. The number of fused-ring (bicyclic) bond motifs is 5. The summed E-state index contributed by atoms with van der Waals surface area (Å²) in [5.41, 5.74) is 12.2. The topological polar surface area (TPSA) is 53.1 Å². The van der Waals surface area contributed by atoms with Crippen molar-refractivity contribution in [3.63, 3.8) is 0 Å². The Morgan fingerprint density at radius 3 is 1.58 bits per heavy atom. The summed E-state index contributed by atoms with van der Waals surface area (Å²) in [4.78, 5) is 12.5. The van der Waals surface area contributed by atoms with Gasteiger partial charge in [0.25, 0.3) is 0 Å². The predicted octanol–water partition coefficient (Wildman–Crippen LogP) is 14.0. The summed E-state index contributed by atoms with van der Waals surface area (Å²) in [5, 5.41) is 8.01. The molecule has 0 bridgehead atoms. The average molecular weight is 771 g/mol. The zero-order valence-electron chi connectivity index (χ0n) is 32.6. The number of benzene rings is 9. The summed E-state index contributed by atoms with van der Waals surface area (Å²) in [6, 6.07) is 76.4. The molecule has 0 spiro atoms. The van der Waals surface area contributed by atoms with Crippen molar-refractivity contribution >= 4 is 61.4 Å². The Kier molecular flexibility index (Phi) is 8.82. The molecule has 2 heterocycles. The fraction of sp³-hybridized carbons (Fsp3) is 0.0182. The SMILES string of the molecule is c1ccc(C2=NC(c3ccccc3)NC(c3ccc4c(c3)oc3c(N(c5ccc(-c6ccccc6)cc5)c5ccc(-c6ccccc6)cc5)cc5ccccc5c34)=N2)cc1. The van der Waals surface area contributed by atoms with E-state index in [-0.39, 0.29) is 6.17 Å². The molecule has 0 saturated heterocycles. The van der Waals surface area contributed by atoms with E-state index in [1.165, 1.54) is 11.1 Å². The standard InChI is InChI=1S/C55H38N4O/c1-5-15-37(16-6-1)39-25-30-45(31-26-39)59(46-32-27-40(28-33-46)38-17-7-2-8-18-38)49-35-43-23-13-14-24-47(43)51-48-34-29-44(36-50(48)60-52(49)51)55-57-53(41-19-9-3-10-20-41)56-54(58-55)42-21-11-4-12-22-42/h1-36,53H,(H,56,57,58). The van der Waals surface area contributed by atoms with Crippen LogP contribution in [0, 0.1) is 0 Å². The summed E-state index contributed by atoms with van der Waals surface area (Å²) < 4.78 is 7.10. The summed E-state index contributed by atoms with van der Waals surface area (Å²) in [6.45, 7) is 0. The molecule has 9 aromatic carbocycles. The van der Waals surface area contributed by atoms with Crippen LogP contribution >= 0.6 is 0 Å². The average Bonchev–Trinajstić information content (AvgIpc) is 3.73. The van der Waals surface area contributed by atoms with Crippen LogP contribution in [0.1, 0.15) is 22.9 Å². The molecule has 1 N–H and O–H groups in total. The Balaban J connectivity index is 1.08. The number of aliphatic imine (C=N–C) groups is 2. The van der Waals surface area contributed by atoms with Gasteiger partial charge in [0.05, 0.1) is 5.69 Å². The quantitative estimate of drug-likeness (QED) is 0.167. The molecule has 1 unspecified atom stereocenters. The van der Waals surface area contributed by atoms with Crippen molar-refractivity contribution in [2.45, 2.75) is 6.17 Å². The second-order valence-corrected chi connectivity index (χ2v) is 15.0. The Morgan fingerprint density at radius 1 is 0.450 bits per heavy atom. The van der Waals surface area contributed by atoms with Crippen LogP contribution < -0.4 is 10.2 Å². The van der Waals surface area contributed by atoms with Crippen LogP contribution in [-0.2, 0) is 0 Å². The van der Waals surface area contributed by atoms with Gasteiger partial charge in [0.1, 0.15) is 17.6 Å². The fourth-order valence-corrected chi connectivity index (χ4v) is 8.33. The summed E-state index contributed by atoms with van der Waals surface area (Å²) >= 11 is 0. The minimum atomic E-state index is -0.300. The van der Waals surface area contributed by atoms with Crippen molar-refractivity contribution in [1.82, 2.24) is 5.32 Å². The maximum atomic E-state index is 7.10. The second-order valence-electron chi connectivity index (χ2n) is 15.0. The molecular formula is C55H38N4O. The third-order valence-corrected chi connectivity index (χ3v) is 11.3. The predicted molar refractivity (Wildman–Crippen MR) is 249 cm³/mol. The first-order valence-electron chi connectivity index (χ1n) is 20.3. The van der Waals surface area contributed by atoms with Gasteiger partial charge in [0.15, 0.2) is 11.4 Å². The highest BCUT2D eigenvalue weighted by molar-refractivity contribution is 6.24. The molecule has 1 aliphatic heterocycles. The normalized spacial score (nSPS) is 13.8. The largest absolute Gasteiger partial charge is 0.454 e. The number of hydrogen-bond donors (Lipinski definition) is 1. The number of anilines is 3. The van der Waals surface area contributed by atoms with E-state index in [0.29, 0.717) is 5.84 Å². The molecule has 0 amide bonds. The van der Waals surface area contributed by atoms with Crippen molar-refractivity contribution < 1.29 is 4.42 Å². The molecule has 11 rings (SSSR count). The highest BCUT2D eigenvalue weighted by atomic mass is 16.3. The molecule has 1 aliphatic rings. The number of nitrogens with zero attached hydrogens (tertiary/aromatic N) is 3. The van der Waals surface area contributed by atoms with Gasteiger partial charge in [-0.1, -0.05) is 176 Å². The van der Waals surface area contributed by atoms with Crippen LogP contribution in [0.3, 0.4) is 0 Å². The van der Waals surface area contributed by atoms with E-state index < -0.39 is 0 Å². The lowest BCUT2D eigenvalue weighted by atomic mass is 10.00. The molecule has 5 heteroatoms. The van der Waals surface area contributed by atoms with E-state index in [9.17, 15) is 0 Å². The second kappa shape index (κ2) is 15.1. The Bertz CT molecular complexity index is 3110. The number of furan rings is 1. The van der Waals surface area contributed by atoms with Gasteiger partial charge in [-0.15, -0.1) is 0 Å². The van der Waals surface area contributed by atoms with Gasteiger partial charge >= 0.3 is 0 Å². The molecular weight excluding hydrogens is 733 g/mol. The highest BCUT2D eigenvalue weighted by Crippen LogP contribution is 2.46. The van der Waals surface area contributed by atoms with Crippen LogP contribution in [0.25, 0.3) is 55.0 Å². The molecule has 284 valence electrons. The third-order valence-electron chi connectivity index (χ3n) is 11.3. The molecule has 1 aromatic heterocycles. The summed E-state index contributed by atoms with van der Waals surface area (Å²) in [6.07, 6.45) is -0.300. The zero-order chi connectivity index (χ0) is 39.8. The van der Waals surface area contributed by atoms with E-state index in [4.69, 9.17) is 14.4 Å². The van der Waals surface area contributed by atoms with E-state index in [1.807, 2.05) is 36.4 Å². The maximum Gasteiger partial charge on any atom is 0.160 e. The summed E-state index contributed by atoms with van der Waals surface area (Å²) in [7, 11) is 0.